The van der Waals surface area contributed by atoms with Crippen LogP contribution in [0.4, 0.5) is 0 Å². The van der Waals surface area contributed by atoms with Crippen LogP contribution in [-0.2, 0) is 11.8 Å². The van der Waals surface area contributed by atoms with Crippen molar-refractivity contribution in [2.75, 3.05) is 19.8 Å². The van der Waals surface area contributed by atoms with Crippen LogP contribution in [0, 0.1) is 0 Å². The van der Waals surface area contributed by atoms with Crippen LogP contribution >= 0.6 is 0 Å². The van der Waals surface area contributed by atoms with Crippen molar-refractivity contribution >= 4 is 0 Å². The van der Waals surface area contributed by atoms with E-state index in [4.69, 9.17) is 15.2 Å². The Morgan fingerprint density at radius 1 is 0.783 bits per heavy atom. The van der Waals surface area contributed by atoms with Gasteiger partial charge in [0.05, 0.1) is 0 Å². The molecule has 0 atom stereocenters. The van der Waals surface area contributed by atoms with Crippen molar-refractivity contribution in [1.82, 2.24) is 0 Å². The molecule has 23 heavy (non-hydrogen) atoms. The minimum Gasteiger partial charge on any atom is -0.490 e. The highest BCUT2D eigenvalue weighted by molar-refractivity contribution is 5.31. The molecule has 0 amide bonds. The largest absolute Gasteiger partial charge is 0.490 e. The summed E-state index contributed by atoms with van der Waals surface area (Å²) in [7, 11) is 0. The van der Waals surface area contributed by atoms with Gasteiger partial charge in [0.15, 0.2) is 0 Å². The van der Waals surface area contributed by atoms with Gasteiger partial charge in [-0.05, 0) is 53.8 Å². The maximum absolute atomic E-state index is 5.72. The van der Waals surface area contributed by atoms with Crippen LogP contribution < -0.4 is 15.2 Å². The SMILES string of the molecule is CC(C)(C)c1ccc(OCCOc2ccc(CCN)cc2)cc1. The van der Waals surface area contributed by atoms with E-state index < -0.39 is 0 Å². The van der Waals surface area contributed by atoms with E-state index in [0.29, 0.717) is 19.8 Å². The third-order valence-corrected chi connectivity index (χ3v) is 3.70. The van der Waals surface area contributed by atoms with Gasteiger partial charge in [-0.25, -0.2) is 0 Å². The molecular weight excluding hydrogens is 286 g/mol. The molecule has 0 fully saturated rings. The Bertz CT molecular complexity index is 583. The van der Waals surface area contributed by atoms with E-state index in [0.717, 1.165) is 17.9 Å². The normalized spacial score (nSPS) is 11.3. The molecule has 0 aromatic heterocycles. The molecule has 2 aromatic rings. The molecule has 0 bridgehead atoms. The highest BCUT2D eigenvalue weighted by Gasteiger charge is 2.12. The molecule has 3 heteroatoms. The van der Waals surface area contributed by atoms with Crippen molar-refractivity contribution in [3.8, 4) is 11.5 Å². The Morgan fingerprint density at radius 3 is 1.70 bits per heavy atom. The van der Waals surface area contributed by atoms with Gasteiger partial charge in [-0.3, -0.25) is 0 Å². The molecule has 0 aliphatic rings. The van der Waals surface area contributed by atoms with Crippen LogP contribution in [0.25, 0.3) is 0 Å². The summed E-state index contributed by atoms with van der Waals surface area (Å²) in [6.45, 7) is 8.33. The molecule has 0 aliphatic carbocycles. The number of hydrogen-bond donors (Lipinski definition) is 1. The molecule has 0 aliphatic heterocycles. The van der Waals surface area contributed by atoms with E-state index in [1.165, 1.54) is 11.1 Å². The fourth-order valence-electron chi connectivity index (χ4n) is 2.29. The Morgan fingerprint density at radius 2 is 1.26 bits per heavy atom. The highest BCUT2D eigenvalue weighted by atomic mass is 16.5. The van der Waals surface area contributed by atoms with Gasteiger partial charge in [-0.2, -0.15) is 0 Å². The lowest BCUT2D eigenvalue weighted by Gasteiger charge is -2.19. The van der Waals surface area contributed by atoms with E-state index in [1.807, 2.05) is 36.4 Å². The number of nitrogens with two attached hydrogens (primary N) is 1. The molecule has 0 saturated heterocycles. The van der Waals surface area contributed by atoms with Gasteiger partial charge in [0.2, 0.25) is 0 Å². The summed E-state index contributed by atoms with van der Waals surface area (Å²) in [4.78, 5) is 0. The molecule has 2 rings (SSSR count). The van der Waals surface area contributed by atoms with Crippen molar-refractivity contribution in [3.63, 3.8) is 0 Å². The fraction of sp³-hybridized carbons (Fsp3) is 0.400. The summed E-state index contributed by atoms with van der Waals surface area (Å²) in [5.74, 6) is 1.73. The summed E-state index contributed by atoms with van der Waals surface area (Å²) >= 11 is 0. The zero-order valence-corrected chi connectivity index (χ0v) is 14.3. The summed E-state index contributed by atoms with van der Waals surface area (Å²) in [6, 6.07) is 16.3. The number of ether oxygens (including phenoxy) is 2. The summed E-state index contributed by atoms with van der Waals surface area (Å²) in [5.41, 5.74) is 8.24. The smallest absolute Gasteiger partial charge is 0.122 e. The zero-order valence-electron chi connectivity index (χ0n) is 14.3. The Hall–Kier alpha value is -2.00. The maximum atomic E-state index is 5.72. The van der Waals surface area contributed by atoms with Crippen molar-refractivity contribution in [3.05, 3.63) is 59.7 Å². The van der Waals surface area contributed by atoms with Crippen LogP contribution in [0.5, 0.6) is 11.5 Å². The molecule has 0 unspecified atom stereocenters. The van der Waals surface area contributed by atoms with E-state index in [9.17, 15) is 0 Å². The minimum absolute atomic E-state index is 0.164. The predicted octanol–water partition coefficient (Wildman–Crippen LogP) is 3.94. The first-order chi connectivity index (χ1) is 11.0. The third-order valence-electron chi connectivity index (χ3n) is 3.70. The molecule has 0 spiro atoms. The van der Waals surface area contributed by atoms with E-state index in [2.05, 4.69) is 32.9 Å². The Labute approximate surface area is 139 Å². The second kappa shape index (κ2) is 8.02. The van der Waals surface area contributed by atoms with Crippen LogP contribution in [0.1, 0.15) is 31.9 Å². The van der Waals surface area contributed by atoms with Crippen LogP contribution in [0.3, 0.4) is 0 Å². The molecular formula is C20H27NO2. The van der Waals surface area contributed by atoms with Crippen LogP contribution in [0.15, 0.2) is 48.5 Å². The van der Waals surface area contributed by atoms with Gasteiger partial charge in [0.25, 0.3) is 0 Å². The lowest BCUT2D eigenvalue weighted by atomic mass is 9.87. The molecule has 124 valence electrons. The molecule has 0 saturated carbocycles. The molecule has 2 N–H and O–H groups in total. The zero-order chi connectivity index (χ0) is 16.7. The van der Waals surface area contributed by atoms with E-state index >= 15 is 0 Å². The topological polar surface area (TPSA) is 44.5 Å². The van der Waals surface area contributed by atoms with Crippen molar-refractivity contribution in [2.45, 2.75) is 32.6 Å². The first kappa shape index (κ1) is 17.4. The minimum atomic E-state index is 0.164. The fourth-order valence-corrected chi connectivity index (χ4v) is 2.29. The molecule has 0 heterocycles. The number of hydrogen-bond acceptors (Lipinski definition) is 3. The Balaban J connectivity index is 1.74. The van der Waals surface area contributed by atoms with Crippen molar-refractivity contribution in [1.29, 1.82) is 0 Å². The van der Waals surface area contributed by atoms with Gasteiger partial charge < -0.3 is 15.2 Å². The number of benzene rings is 2. The molecule has 0 radical (unpaired) electrons. The average molecular weight is 313 g/mol. The first-order valence-corrected chi connectivity index (χ1v) is 8.14. The second-order valence-corrected chi connectivity index (χ2v) is 6.65. The van der Waals surface area contributed by atoms with Gasteiger partial charge in [-0.1, -0.05) is 45.0 Å². The van der Waals surface area contributed by atoms with Crippen molar-refractivity contribution in [2.24, 2.45) is 5.73 Å². The standard InChI is InChI=1S/C20H27NO2/c1-20(2,3)17-6-10-19(11-7-17)23-15-14-22-18-8-4-16(5-9-18)12-13-21/h4-11H,12-15,21H2,1-3H3. The quantitative estimate of drug-likeness (QED) is 0.787. The summed E-state index contributed by atoms with van der Waals surface area (Å²) in [6.07, 6.45) is 0.897. The van der Waals surface area contributed by atoms with E-state index in [1.54, 1.807) is 0 Å². The monoisotopic (exact) mass is 313 g/mol. The van der Waals surface area contributed by atoms with Gasteiger partial charge in [0.1, 0.15) is 24.7 Å². The summed E-state index contributed by atoms with van der Waals surface area (Å²) < 4.78 is 11.4. The Kier molecular flexibility index (Phi) is 6.05. The van der Waals surface area contributed by atoms with Crippen LogP contribution in [0.2, 0.25) is 0 Å². The van der Waals surface area contributed by atoms with Gasteiger partial charge in [-0.15, -0.1) is 0 Å². The lowest BCUT2D eigenvalue weighted by Crippen LogP contribution is -2.11. The van der Waals surface area contributed by atoms with Gasteiger partial charge >= 0.3 is 0 Å². The average Bonchev–Trinajstić information content (AvgIpc) is 2.53. The lowest BCUT2D eigenvalue weighted by molar-refractivity contribution is 0.217. The maximum Gasteiger partial charge on any atom is 0.122 e. The molecule has 3 nitrogen and oxygen atoms in total. The highest BCUT2D eigenvalue weighted by Crippen LogP contribution is 2.24. The van der Waals surface area contributed by atoms with Crippen LogP contribution in [-0.4, -0.2) is 19.8 Å². The van der Waals surface area contributed by atoms with E-state index in [-0.39, 0.29) is 5.41 Å². The second-order valence-electron chi connectivity index (χ2n) is 6.65. The first-order valence-electron chi connectivity index (χ1n) is 8.14. The van der Waals surface area contributed by atoms with Gasteiger partial charge in [0, 0.05) is 0 Å². The summed E-state index contributed by atoms with van der Waals surface area (Å²) in [5, 5.41) is 0. The molecule has 2 aromatic carbocycles. The number of rotatable bonds is 7. The predicted molar refractivity (Wildman–Crippen MR) is 95.3 cm³/mol. The third kappa shape index (κ3) is 5.61. The van der Waals surface area contributed by atoms with Crippen molar-refractivity contribution < 1.29 is 9.47 Å².